The summed E-state index contributed by atoms with van der Waals surface area (Å²) in [6.07, 6.45) is 3.31. The molecule has 1 aliphatic rings. The van der Waals surface area contributed by atoms with Crippen molar-refractivity contribution in [2.24, 2.45) is 13.0 Å². The van der Waals surface area contributed by atoms with Crippen LogP contribution in [0.15, 0.2) is 6.20 Å². The van der Waals surface area contributed by atoms with Gasteiger partial charge in [0.05, 0.1) is 18.2 Å². The average molecular weight is 192 g/mol. The van der Waals surface area contributed by atoms with Crippen LogP contribution in [0.25, 0.3) is 0 Å². The first kappa shape index (κ1) is 9.16. The monoisotopic (exact) mass is 192 g/mol. The molecule has 2 rings (SSSR count). The zero-order chi connectivity index (χ0) is 9.97. The van der Waals surface area contributed by atoms with Crippen LogP contribution in [-0.2, 0) is 11.8 Å². The second-order valence-corrected chi connectivity index (χ2v) is 3.43. The predicted octanol–water partition coefficient (Wildman–Crippen LogP) is 0.806. The van der Waals surface area contributed by atoms with E-state index in [1.165, 1.54) is 4.80 Å². The SMILES string of the molecule is Cn1ncc(C2OCCCC2C#N)n1. The highest BCUT2D eigenvalue weighted by atomic mass is 16.5. The van der Waals surface area contributed by atoms with E-state index in [0.29, 0.717) is 6.61 Å². The molecular weight excluding hydrogens is 180 g/mol. The first-order chi connectivity index (χ1) is 6.81. The molecule has 74 valence electrons. The third kappa shape index (κ3) is 1.61. The molecule has 1 aromatic rings. The molecule has 0 N–H and O–H groups in total. The van der Waals surface area contributed by atoms with Gasteiger partial charge in [0, 0.05) is 13.7 Å². The van der Waals surface area contributed by atoms with E-state index in [1.54, 1.807) is 13.2 Å². The number of nitriles is 1. The van der Waals surface area contributed by atoms with E-state index in [-0.39, 0.29) is 12.0 Å². The van der Waals surface area contributed by atoms with E-state index < -0.39 is 0 Å². The van der Waals surface area contributed by atoms with Crippen molar-refractivity contribution >= 4 is 0 Å². The fraction of sp³-hybridized carbons (Fsp3) is 0.667. The van der Waals surface area contributed by atoms with Crippen molar-refractivity contribution in [3.63, 3.8) is 0 Å². The molecule has 1 fully saturated rings. The van der Waals surface area contributed by atoms with Gasteiger partial charge < -0.3 is 4.74 Å². The summed E-state index contributed by atoms with van der Waals surface area (Å²) in [5, 5.41) is 17.1. The Hall–Kier alpha value is -1.41. The van der Waals surface area contributed by atoms with Crippen LogP contribution < -0.4 is 0 Å². The summed E-state index contributed by atoms with van der Waals surface area (Å²) in [5.74, 6) is -0.0829. The Morgan fingerprint density at radius 1 is 1.71 bits per heavy atom. The zero-order valence-corrected chi connectivity index (χ0v) is 8.05. The second-order valence-electron chi connectivity index (χ2n) is 3.43. The van der Waals surface area contributed by atoms with Crippen LogP contribution in [0, 0.1) is 17.2 Å². The van der Waals surface area contributed by atoms with Crippen molar-refractivity contribution in [2.75, 3.05) is 6.61 Å². The van der Waals surface area contributed by atoms with Gasteiger partial charge in [0.25, 0.3) is 0 Å². The van der Waals surface area contributed by atoms with Gasteiger partial charge in [-0.3, -0.25) is 0 Å². The lowest BCUT2D eigenvalue weighted by molar-refractivity contribution is -0.0130. The molecule has 0 aliphatic carbocycles. The van der Waals surface area contributed by atoms with Gasteiger partial charge in [-0.05, 0) is 12.8 Å². The minimum atomic E-state index is -0.192. The Morgan fingerprint density at radius 2 is 2.57 bits per heavy atom. The predicted molar refractivity (Wildman–Crippen MR) is 48.0 cm³/mol. The largest absolute Gasteiger partial charge is 0.370 e. The molecule has 1 aromatic heterocycles. The lowest BCUT2D eigenvalue weighted by atomic mass is 9.94. The van der Waals surface area contributed by atoms with Crippen LogP contribution in [-0.4, -0.2) is 21.6 Å². The van der Waals surface area contributed by atoms with Crippen LogP contribution in [0.3, 0.4) is 0 Å². The molecule has 0 aromatic carbocycles. The first-order valence-corrected chi connectivity index (χ1v) is 4.68. The zero-order valence-electron chi connectivity index (χ0n) is 8.05. The van der Waals surface area contributed by atoms with Gasteiger partial charge in [0.1, 0.15) is 11.8 Å². The summed E-state index contributed by atoms with van der Waals surface area (Å²) in [5.41, 5.74) is 0.763. The fourth-order valence-electron chi connectivity index (χ4n) is 1.70. The summed E-state index contributed by atoms with van der Waals surface area (Å²) in [6, 6.07) is 2.26. The maximum absolute atomic E-state index is 8.94. The van der Waals surface area contributed by atoms with Crippen molar-refractivity contribution in [1.82, 2.24) is 15.0 Å². The van der Waals surface area contributed by atoms with Crippen LogP contribution in [0.4, 0.5) is 0 Å². The number of ether oxygens (including phenoxy) is 1. The quantitative estimate of drug-likeness (QED) is 0.660. The average Bonchev–Trinajstić information content (AvgIpc) is 2.65. The molecule has 5 nitrogen and oxygen atoms in total. The molecule has 0 saturated carbocycles. The molecule has 0 spiro atoms. The number of hydrogen-bond donors (Lipinski definition) is 0. The van der Waals surface area contributed by atoms with Gasteiger partial charge in [-0.25, -0.2) is 0 Å². The molecule has 0 radical (unpaired) electrons. The highest BCUT2D eigenvalue weighted by Gasteiger charge is 2.29. The third-order valence-corrected chi connectivity index (χ3v) is 2.40. The second kappa shape index (κ2) is 3.76. The van der Waals surface area contributed by atoms with Crippen molar-refractivity contribution in [3.05, 3.63) is 11.9 Å². The highest BCUT2D eigenvalue weighted by Crippen LogP contribution is 2.31. The Labute approximate surface area is 82.3 Å². The van der Waals surface area contributed by atoms with E-state index in [4.69, 9.17) is 10.00 Å². The third-order valence-electron chi connectivity index (χ3n) is 2.40. The lowest BCUT2D eigenvalue weighted by Gasteiger charge is -2.25. The van der Waals surface area contributed by atoms with Crippen molar-refractivity contribution in [3.8, 4) is 6.07 Å². The number of hydrogen-bond acceptors (Lipinski definition) is 4. The topological polar surface area (TPSA) is 63.7 Å². The number of aromatic nitrogens is 3. The maximum Gasteiger partial charge on any atom is 0.119 e. The van der Waals surface area contributed by atoms with E-state index in [0.717, 1.165) is 18.5 Å². The van der Waals surface area contributed by atoms with Crippen LogP contribution in [0.2, 0.25) is 0 Å². The Kier molecular flexibility index (Phi) is 2.46. The summed E-state index contributed by atoms with van der Waals surface area (Å²) in [4.78, 5) is 1.49. The Balaban J connectivity index is 2.19. The molecule has 1 saturated heterocycles. The van der Waals surface area contributed by atoms with Gasteiger partial charge in [-0.1, -0.05) is 0 Å². The number of rotatable bonds is 1. The molecule has 2 unspecified atom stereocenters. The molecule has 2 heterocycles. The van der Waals surface area contributed by atoms with E-state index in [2.05, 4.69) is 16.3 Å². The van der Waals surface area contributed by atoms with Gasteiger partial charge in [-0.15, -0.1) is 0 Å². The molecule has 0 bridgehead atoms. The minimum absolute atomic E-state index is 0.0829. The summed E-state index contributed by atoms with van der Waals surface area (Å²) in [6.45, 7) is 0.708. The smallest absolute Gasteiger partial charge is 0.119 e. The highest BCUT2D eigenvalue weighted by molar-refractivity contribution is 5.05. The summed E-state index contributed by atoms with van der Waals surface area (Å²) < 4.78 is 5.54. The van der Waals surface area contributed by atoms with Gasteiger partial charge in [0.15, 0.2) is 0 Å². The summed E-state index contributed by atoms with van der Waals surface area (Å²) in [7, 11) is 1.76. The molecule has 2 atom stereocenters. The minimum Gasteiger partial charge on any atom is -0.370 e. The van der Waals surface area contributed by atoms with Crippen LogP contribution in [0.5, 0.6) is 0 Å². The van der Waals surface area contributed by atoms with Gasteiger partial charge >= 0.3 is 0 Å². The number of nitrogens with zero attached hydrogens (tertiary/aromatic N) is 4. The van der Waals surface area contributed by atoms with Crippen LogP contribution in [0.1, 0.15) is 24.6 Å². The maximum atomic E-state index is 8.94. The van der Waals surface area contributed by atoms with E-state index in [1.807, 2.05) is 0 Å². The van der Waals surface area contributed by atoms with E-state index in [9.17, 15) is 0 Å². The fourth-order valence-corrected chi connectivity index (χ4v) is 1.70. The lowest BCUT2D eigenvalue weighted by Crippen LogP contribution is -2.21. The Morgan fingerprint density at radius 3 is 3.21 bits per heavy atom. The molecule has 1 aliphatic heterocycles. The molecule has 0 amide bonds. The normalized spacial score (nSPS) is 27.1. The first-order valence-electron chi connectivity index (χ1n) is 4.68. The van der Waals surface area contributed by atoms with Crippen molar-refractivity contribution in [2.45, 2.75) is 18.9 Å². The van der Waals surface area contributed by atoms with Gasteiger partial charge in [0.2, 0.25) is 0 Å². The summed E-state index contributed by atoms with van der Waals surface area (Å²) >= 11 is 0. The van der Waals surface area contributed by atoms with Crippen LogP contribution >= 0.6 is 0 Å². The molecule has 14 heavy (non-hydrogen) atoms. The molecular formula is C9H12N4O. The Bertz CT molecular complexity index is 354. The van der Waals surface area contributed by atoms with Gasteiger partial charge in [-0.2, -0.15) is 20.3 Å². The molecule has 5 heteroatoms. The van der Waals surface area contributed by atoms with Crippen molar-refractivity contribution in [1.29, 1.82) is 5.26 Å². The number of aryl methyl sites for hydroxylation is 1. The van der Waals surface area contributed by atoms with E-state index >= 15 is 0 Å². The van der Waals surface area contributed by atoms with Crippen molar-refractivity contribution < 1.29 is 4.74 Å². The standard InChI is InChI=1S/C9H12N4O/c1-13-11-6-8(12-13)9-7(5-10)3-2-4-14-9/h6-7,9H,2-4H2,1H3.